The summed E-state index contributed by atoms with van der Waals surface area (Å²) in [6.07, 6.45) is 2.81. The number of carbonyl (C=O) groups is 3. The summed E-state index contributed by atoms with van der Waals surface area (Å²) < 4.78 is 15.1. The molecule has 1 amide bonds. The Labute approximate surface area is 172 Å². The lowest BCUT2D eigenvalue weighted by molar-refractivity contribution is -0.111. The predicted octanol–water partition coefficient (Wildman–Crippen LogP) is 4.17. The molecular formula is C23H19NO6. The summed E-state index contributed by atoms with van der Waals surface area (Å²) in [4.78, 5) is 36.0. The molecule has 0 saturated heterocycles. The summed E-state index contributed by atoms with van der Waals surface area (Å²) in [5.41, 5.74) is 1.39. The fraction of sp³-hybridized carbons (Fsp3) is 0.0870. The minimum Gasteiger partial charge on any atom is -0.465 e. The van der Waals surface area contributed by atoms with Crippen molar-refractivity contribution in [1.82, 2.24) is 0 Å². The number of benzene rings is 2. The number of nitrogens with one attached hydrogen (secondary N) is 1. The Morgan fingerprint density at radius 3 is 2.10 bits per heavy atom. The Bertz CT molecular complexity index is 1060. The molecule has 0 aliphatic rings. The number of amides is 1. The number of hydrogen-bond donors (Lipinski definition) is 1. The lowest BCUT2D eigenvalue weighted by Crippen LogP contribution is -2.12. The highest BCUT2D eigenvalue weighted by Gasteiger charge is 2.14. The van der Waals surface area contributed by atoms with Gasteiger partial charge in [0.15, 0.2) is 0 Å². The first-order chi connectivity index (χ1) is 14.5. The molecule has 1 heterocycles. The van der Waals surface area contributed by atoms with Gasteiger partial charge in [-0.1, -0.05) is 30.3 Å². The molecular weight excluding hydrogens is 386 g/mol. The van der Waals surface area contributed by atoms with Gasteiger partial charge in [0.1, 0.15) is 11.5 Å². The fourth-order valence-corrected chi connectivity index (χ4v) is 2.71. The molecule has 0 saturated carbocycles. The molecule has 3 aromatic rings. The Balaban J connectivity index is 1.75. The average molecular weight is 405 g/mol. The summed E-state index contributed by atoms with van der Waals surface area (Å²) in [6.45, 7) is 0. The zero-order valence-electron chi connectivity index (χ0n) is 16.4. The molecule has 0 aliphatic heterocycles. The van der Waals surface area contributed by atoms with Crippen LogP contribution in [0.25, 0.3) is 17.4 Å². The van der Waals surface area contributed by atoms with Crippen LogP contribution < -0.4 is 5.32 Å². The van der Waals surface area contributed by atoms with Gasteiger partial charge in [-0.25, -0.2) is 9.59 Å². The van der Waals surface area contributed by atoms with Crippen molar-refractivity contribution in [3.05, 3.63) is 83.6 Å². The van der Waals surface area contributed by atoms with Crippen molar-refractivity contribution in [1.29, 1.82) is 0 Å². The first-order valence-electron chi connectivity index (χ1n) is 8.96. The predicted molar refractivity (Wildman–Crippen MR) is 111 cm³/mol. The lowest BCUT2D eigenvalue weighted by Gasteiger charge is -2.08. The zero-order valence-corrected chi connectivity index (χ0v) is 16.4. The molecule has 3 rings (SSSR count). The van der Waals surface area contributed by atoms with Gasteiger partial charge in [0.05, 0.1) is 25.3 Å². The van der Waals surface area contributed by atoms with Crippen LogP contribution in [0.1, 0.15) is 26.5 Å². The molecule has 0 aliphatic carbocycles. The number of carbonyl (C=O) groups excluding carboxylic acids is 3. The summed E-state index contributed by atoms with van der Waals surface area (Å²) in [5, 5.41) is 2.61. The minimum absolute atomic E-state index is 0.109. The van der Waals surface area contributed by atoms with Crippen LogP contribution in [-0.2, 0) is 14.3 Å². The van der Waals surface area contributed by atoms with E-state index in [-0.39, 0.29) is 16.8 Å². The summed E-state index contributed by atoms with van der Waals surface area (Å²) in [6, 6.07) is 17.3. The second-order valence-electron chi connectivity index (χ2n) is 6.17. The van der Waals surface area contributed by atoms with Gasteiger partial charge in [-0.15, -0.1) is 0 Å². The standard InChI is InChI=1S/C23H19NO6/c1-28-22(26)16-12-17(23(27)29-2)14-18(13-16)24-21(25)11-9-19-8-10-20(30-19)15-6-4-3-5-7-15/h3-14H,1-2H3,(H,24,25)/b11-9+. The summed E-state index contributed by atoms with van der Waals surface area (Å²) in [7, 11) is 2.45. The number of ether oxygens (including phenoxy) is 2. The van der Waals surface area contributed by atoms with Crippen molar-refractivity contribution in [3.63, 3.8) is 0 Å². The second-order valence-corrected chi connectivity index (χ2v) is 6.17. The molecule has 0 spiro atoms. The van der Waals surface area contributed by atoms with Gasteiger partial charge in [0.25, 0.3) is 0 Å². The minimum atomic E-state index is -0.643. The number of methoxy groups -OCH3 is 2. The maximum Gasteiger partial charge on any atom is 0.337 e. The Morgan fingerprint density at radius 2 is 1.50 bits per heavy atom. The fourth-order valence-electron chi connectivity index (χ4n) is 2.71. The molecule has 0 unspecified atom stereocenters. The molecule has 0 fully saturated rings. The topological polar surface area (TPSA) is 94.8 Å². The van der Waals surface area contributed by atoms with E-state index in [2.05, 4.69) is 14.8 Å². The van der Waals surface area contributed by atoms with Gasteiger partial charge in [0, 0.05) is 17.3 Å². The van der Waals surface area contributed by atoms with Crippen molar-refractivity contribution >= 4 is 29.6 Å². The SMILES string of the molecule is COC(=O)c1cc(NC(=O)/C=C/c2ccc(-c3ccccc3)o2)cc(C(=O)OC)c1. The van der Waals surface area contributed by atoms with Gasteiger partial charge in [-0.2, -0.15) is 0 Å². The van der Waals surface area contributed by atoms with Crippen molar-refractivity contribution in [3.8, 4) is 11.3 Å². The monoisotopic (exact) mass is 405 g/mol. The highest BCUT2D eigenvalue weighted by molar-refractivity contribution is 6.04. The van der Waals surface area contributed by atoms with E-state index in [1.807, 2.05) is 36.4 Å². The quantitative estimate of drug-likeness (QED) is 0.489. The van der Waals surface area contributed by atoms with E-state index in [0.717, 1.165) is 5.56 Å². The third kappa shape index (κ3) is 5.02. The number of esters is 2. The van der Waals surface area contributed by atoms with Crippen LogP contribution in [0.2, 0.25) is 0 Å². The third-order valence-electron chi connectivity index (χ3n) is 4.13. The van der Waals surface area contributed by atoms with Crippen LogP contribution >= 0.6 is 0 Å². The number of furan rings is 1. The van der Waals surface area contributed by atoms with Gasteiger partial charge in [-0.3, -0.25) is 4.79 Å². The molecule has 2 aromatic carbocycles. The van der Waals surface area contributed by atoms with Crippen LogP contribution in [0, 0.1) is 0 Å². The van der Waals surface area contributed by atoms with E-state index in [0.29, 0.717) is 11.5 Å². The summed E-state index contributed by atoms with van der Waals surface area (Å²) in [5.74, 6) is -0.566. The molecule has 0 radical (unpaired) electrons. The number of hydrogen-bond acceptors (Lipinski definition) is 6. The van der Waals surface area contributed by atoms with E-state index in [1.165, 1.54) is 44.6 Å². The molecule has 1 aromatic heterocycles. The molecule has 30 heavy (non-hydrogen) atoms. The molecule has 1 N–H and O–H groups in total. The maximum absolute atomic E-state index is 12.3. The molecule has 0 atom stereocenters. The summed E-state index contributed by atoms with van der Waals surface area (Å²) >= 11 is 0. The van der Waals surface area contributed by atoms with Crippen LogP contribution in [0.15, 0.2) is 71.2 Å². The van der Waals surface area contributed by atoms with Crippen LogP contribution in [0.5, 0.6) is 0 Å². The van der Waals surface area contributed by atoms with Crippen LogP contribution in [0.3, 0.4) is 0 Å². The highest BCUT2D eigenvalue weighted by atomic mass is 16.5. The second kappa shape index (κ2) is 9.38. The zero-order chi connectivity index (χ0) is 21.5. The van der Waals surface area contributed by atoms with Crippen molar-refractivity contribution in [2.75, 3.05) is 19.5 Å². The van der Waals surface area contributed by atoms with Crippen LogP contribution in [0.4, 0.5) is 5.69 Å². The van der Waals surface area contributed by atoms with Gasteiger partial charge >= 0.3 is 11.9 Å². The van der Waals surface area contributed by atoms with E-state index in [4.69, 9.17) is 4.42 Å². The smallest absolute Gasteiger partial charge is 0.337 e. The normalized spacial score (nSPS) is 10.6. The van der Waals surface area contributed by atoms with Crippen molar-refractivity contribution in [2.24, 2.45) is 0 Å². The molecule has 0 bridgehead atoms. The number of rotatable bonds is 6. The Morgan fingerprint density at radius 1 is 0.867 bits per heavy atom. The van der Waals surface area contributed by atoms with Crippen molar-refractivity contribution < 1.29 is 28.3 Å². The molecule has 7 nitrogen and oxygen atoms in total. The Hall–Kier alpha value is -4.13. The number of anilines is 1. The lowest BCUT2D eigenvalue weighted by atomic mass is 10.1. The first kappa shape index (κ1) is 20.6. The van der Waals surface area contributed by atoms with E-state index >= 15 is 0 Å². The van der Waals surface area contributed by atoms with Gasteiger partial charge in [-0.05, 0) is 36.4 Å². The van der Waals surface area contributed by atoms with E-state index in [1.54, 1.807) is 6.07 Å². The molecule has 7 heteroatoms. The first-order valence-corrected chi connectivity index (χ1v) is 8.96. The molecule has 152 valence electrons. The van der Waals surface area contributed by atoms with Gasteiger partial charge < -0.3 is 19.2 Å². The Kier molecular flexibility index (Phi) is 6.44. The van der Waals surface area contributed by atoms with E-state index < -0.39 is 17.8 Å². The van der Waals surface area contributed by atoms with Crippen molar-refractivity contribution in [2.45, 2.75) is 0 Å². The van der Waals surface area contributed by atoms with Crippen LogP contribution in [-0.4, -0.2) is 32.1 Å². The van der Waals surface area contributed by atoms with Gasteiger partial charge in [0.2, 0.25) is 5.91 Å². The van der Waals surface area contributed by atoms with E-state index in [9.17, 15) is 14.4 Å². The largest absolute Gasteiger partial charge is 0.465 e. The third-order valence-corrected chi connectivity index (χ3v) is 4.13. The average Bonchev–Trinajstić information content (AvgIpc) is 3.26. The maximum atomic E-state index is 12.3. The highest BCUT2D eigenvalue weighted by Crippen LogP contribution is 2.22.